The van der Waals surface area contributed by atoms with Gasteiger partial charge < -0.3 is 10.4 Å². The number of rotatable bonds is 5. The summed E-state index contributed by atoms with van der Waals surface area (Å²) >= 11 is 1.85. The molecule has 1 aliphatic rings. The molecule has 2 rings (SSSR count). The van der Waals surface area contributed by atoms with Gasteiger partial charge in [0.05, 0.1) is 6.61 Å². The summed E-state index contributed by atoms with van der Waals surface area (Å²) in [5.41, 5.74) is 0. The lowest BCUT2D eigenvalue weighted by Gasteiger charge is -2.37. The topological polar surface area (TPSA) is 35.5 Å². The van der Waals surface area contributed by atoms with E-state index in [0.29, 0.717) is 12.0 Å². The number of thiophene rings is 1. The summed E-state index contributed by atoms with van der Waals surface area (Å²) < 4.78 is 0. The SMILES string of the molecule is CCNC1CC(c2cccs2)CN(CCO)C1. The molecule has 3 nitrogen and oxygen atoms in total. The largest absolute Gasteiger partial charge is 0.395 e. The fourth-order valence-electron chi connectivity index (χ4n) is 2.68. The second-order valence-electron chi connectivity index (χ2n) is 4.69. The minimum Gasteiger partial charge on any atom is -0.395 e. The van der Waals surface area contributed by atoms with Gasteiger partial charge in [0.1, 0.15) is 0 Å². The van der Waals surface area contributed by atoms with E-state index in [1.165, 1.54) is 11.3 Å². The number of β-amino-alcohol motifs (C(OH)–C–C–N with tert-alkyl or cyclic N) is 1. The third kappa shape index (κ3) is 3.52. The van der Waals surface area contributed by atoms with Gasteiger partial charge in [-0.2, -0.15) is 0 Å². The molecule has 96 valence electrons. The van der Waals surface area contributed by atoms with Crippen LogP contribution >= 0.6 is 11.3 Å². The number of aliphatic hydroxyl groups is 1. The van der Waals surface area contributed by atoms with Gasteiger partial charge in [-0.05, 0) is 24.4 Å². The number of likely N-dealkylation sites (N-methyl/N-ethyl adjacent to an activating group) is 1. The zero-order valence-electron chi connectivity index (χ0n) is 10.4. The Balaban J connectivity index is 2.00. The first-order valence-electron chi connectivity index (χ1n) is 6.43. The van der Waals surface area contributed by atoms with E-state index in [2.05, 4.69) is 34.7 Å². The molecule has 0 radical (unpaired) electrons. The van der Waals surface area contributed by atoms with Crippen molar-refractivity contribution in [2.45, 2.75) is 25.3 Å². The molecular weight excluding hydrogens is 232 g/mol. The summed E-state index contributed by atoms with van der Waals surface area (Å²) in [4.78, 5) is 3.86. The molecule has 1 saturated heterocycles. The Bertz CT molecular complexity index is 301. The maximum atomic E-state index is 9.09. The van der Waals surface area contributed by atoms with Gasteiger partial charge in [-0.15, -0.1) is 11.3 Å². The number of hydrogen-bond acceptors (Lipinski definition) is 4. The van der Waals surface area contributed by atoms with Crippen LogP contribution in [0.3, 0.4) is 0 Å². The van der Waals surface area contributed by atoms with Crippen LogP contribution < -0.4 is 5.32 Å². The first kappa shape index (κ1) is 13.0. The standard InChI is InChI=1S/C13H22N2OS/c1-2-14-12-8-11(13-4-3-7-17-13)9-15(10-12)5-6-16/h3-4,7,11-12,14,16H,2,5-6,8-10H2,1H3. The highest BCUT2D eigenvalue weighted by atomic mass is 32.1. The van der Waals surface area contributed by atoms with Crippen LogP contribution in [0.1, 0.15) is 24.1 Å². The monoisotopic (exact) mass is 254 g/mol. The predicted octanol–water partition coefficient (Wildman–Crippen LogP) is 1.51. The van der Waals surface area contributed by atoms with E-state index in [1.54, 1.807) is 0 Å². The fraction of sp³-hybridized carbons (Fsp3) is 0.692. The predicted molar refractivity (Wildman–Crippen MR) is 72.7 cm³/mol. The molecule has 2 heterocycles. The molecule has 0 aromatic carbocycles. The van der Waals surface area contributed by atoms with Crippen LogP contribution in [-0.2, 0) is 0 Å². The van der Waals surface area contributed by atoms with Crippen LogP contribution in [0.5, 0.6) is 0 Å². The molecule has 0 saturated carbocycles. The van der Waals surface area contributed by atoms with E-state index < -0.39 is 0 Å². The Hall–Kier alpha value is -0.420. The Labute approximate surface area is 107 Å². The molecule has 17 heavy (non-hydrogen) atoms. The Morgan fingerprint density at radius 1 is 1.53 bits per heavy atom. The van der Waals surface area contributed by atoms with E-state index in [4.69, 9.17) is 5.11 Å². The zero-order valence-corrected chi connectivity index (χ0v) is 11.2. The van der Waals surface area contributed by atoms with E-state index in [-0.39, 0.29) is 6.61 Å². The number of hydrogen-bond donors (Lipinski definition) is 2. The lowest BCUT2D eigenvalue weighted by molar-refractivity contribution is 0.140. The summed E-state index contributed by atoms with van der Waals surface area (Å²) in [7, 11) is 0. The average molecular weight is 254 g/mol. The van der Waals surface area contributed by atoms with Crippen molar-refractivity contribution in [3.8, 4) is 0 Å². The molecule has 1 fully saturated rings. The molecular formula is C13H22N2OS. The van der Waals surface area contributed by atoms with Gasteiger partial charge in [0.2, 0.25) is 0 Å². The van der Waals surface area contributed by atoms with E-state index in [0.717, 1.165) is 26.2 Å². The van der Waals surface area contributed by atoms with Gasteiger partial charge in [-0.3, -0.25) is 4.90 Å². The minimum absolute atomic E-state index is 0.260. The molecule has 1 aliphatic heterocycles. The lowest BCUT2D eigenvalue weighted by Crippen LogP contribution is -2.49. The number of piperidine rings is 1. The smallest absolute Gasteiger partial charge is 0.0558 e. The van der Waals surface area contributed by atoms with Crippen molar-refractivity contribution in [1.29, 1.82) is 0 Å². The Morgan fingerprint density at radius 2 is 2.41 bits per heavy atom. The first-order valence-corrected chi connectivity index (χ1v) is 7.31. The van der Waals surface area contributed by atoms with Crippen molar-refractivity contribution in [2.24, 2.45) is 0 Å². The van der Waals surface area contributed by atoms with Crippen LogP contribution in [0, 0.1) is 0 Å². The normalized spacial score (nSPS) is 26.2. The third-order valence-corrected chi connectivity index (χ3v) is 4.42. The van der Waals surface area contributed by atoms with E-state index in [1.807, 2.05) is 11.3 Å². The summed E-state index contributed by atoms with van der Waals surface area (Å²) in [6.45, 7) is 6.39. The zero-order chi connectivity index (χ0) is 12.1. The summed E-state index contributed by atoms with van der Waals surface area (Å²) in [6, 6.07) is 4.93. The molecule has 0 amide bonds. The number of aliphatic hydroxyl groups excluding tert-OH is 1. The van der Waals surface area contributed by atoms with Gasteiger partial charge in [0.15, 0.2) is 0 Å². The molecule has 0 spiro atoms. The van der Waals surface area contributed by atoms with Gasteiger partial charge in [0, 0.05) is 36.5 Å². The van der Waals surface area contributed by atoms with Gasteiger partial charge in [-0.1, -0.05) is 13.0 Å². The molecule has 2 N–H and O–H groups in total. The first-order chi connectivity index (χ1) is 8.33. The van der Waals surface area contributed by atoms with Crippen molar-refractivity contribution < 1.29 is 5.11 Å². The van der Waals surface area contributed by atoms with Crippen molar-refractivity contribution >= 4 is 11.3 Å². The minimum atomic E-state index is 0.260. The molecule has 1 aromatic heterocycles. The highest BCUT2D eigenvalue weighted by Gasteiger charge is 2.27. The second-order valence-corrected chi connectivity index (χ2v) is 5.67. The van der Waals surface area contributed by atoms with Crippen molar-refractivity contribution in [2.75, 3.05) is 32.8 Å². The molecule has 0 aliphatic carbocycles. The van der Waals surface area contributed by atoms with E-state index >= 15 is 0 Å². The van der Waals surface area contributed by atoms with Crippen LogP contribution in [0.4, 0.5) is 0 Å². The number of likely N-dealkylation sites (tertiary alicyclic amines) is 1. The third-order valence-electron chi connectivity index (χ3n) is 3.38. The lowest BCUT2D eigenvalue weighted by atomic mass is 9.93. The van der Waals surface area contributed by atoms with E-state index in [9.17, 15) is 0 Å². The molecule has 2 unspecified atom stereocenters. The fourth-order valence-corrected chi connectivity index (χ4v) is 3.52. The maximum Gasteiger partial charge on any atom is 0.0558 e. The summed E-state index contributed by atoms with van der Waals surface area (Å²) in [5, 5.41) is 14.8. The average Bonchev–Trinajstić information content (AvgIpc) is 2.83. The Morgan fingerprint density at radius 3 is 3.06 bits per heavy atom. The van der Waals surface area contributed by atoms with Crippen LogP contribution in [-0.4, -0.2) is 48.8 Å². The second kappa shape index (κ2) is 6.50. The molecule has 4 heteroatoms. The summed E-state index contributed by atoms with van der Waals surface area (Å²) in [6.07, 6.45) is 1.22. The quantitative estimate of drug-likeness (QED) is 0.836. The van der Waals surface area contributed by atoms with Crippen LogP contribution in [0.25, 0.3) is 0 Å². The molecule has 1 aromatic rings. The van der Waals surface area contributed by atoms with Crippen molar-refractivity contribution in [1.82, 2.24) is 10.2 Å². The number of nitrogens with one attached hydrogen (secondary N) is 1. The molecule has 0 bridgehead atoms. The van der Waals surface area contributed by atoms with Crippen LogP contribution in [0.15, 0.2) is 17.5 Å². The van der Waals surface area contributed by atoms with Gasteiger partial charge >= 0.3 is 0 Å². The number of nitrogens with zero attached hydrogens (tertiary/aromatic N) is 1. The van der Waals surface area contributed by atoms with Crippen LogP contribution in [0.2, 0.25) is 0 Å². The maximum absolute atomic E-state index is 9.09. The van der Waals surface area contributed by atoms with Gasteiger partial charge in [0.25, 0.3) is 0 Å². The van der Waals surface area contributed by atoms with Crippen molar-refractivity contribution in [3.05, 3.63) is 22.4 Å². The highest BCUT2D eigenvalue weighted by molar-refractivity contribution is 7.10. The van der Waals surface area contributed by atoms with Crippen molar-refractivity contribution in [3.63, 3.8) is 0 Å². The van der Waals surface area contributed by atoms with Gasteiger partial charge in [-0.25, -0.2) is 0 Å². The molecule has 2 atom stereocenters. The summed E-state index contributed by atoms with van der Waals surface area (Å²) in [5.74, 6) is 0.624. The Kier molecular flexibility index (Phi) is 4.98. The highest BCUT2D eigenvalue weighted by Crippen LogP contribution is 2.29.